The van der Waals surface area contributed by atoms with Gasteiger partial charge in [0.15, 0.2) is 0 Å². The van der Waals surface area contributed by atoms with Crippen LogP contribution in [0.25, 0.3) is 0 Å². The van der Waals surface area contributed by atoms with E-state index in [2.05, 4.69) is 15.3 Å². The number of carbonyl (C=O) groups is 1. The van der Waals surface area contributed by atoms with E-state index in [9.17, 15) is 4.79 Å². The second-order valence-corrected chi connectivity index (χ2v) is 5.24. The highest BCUT2D eigenvalue weighted by Crippen LogP contribution is 2.24. The minimum atomic E-state index is -1.07. The number of aryl methyl sites for hydroxylation is 1. The lowest BCUT2D eigenvalue weighted by Gasteiger charge is -2.07. The number of thiazole rings is 1. The van der Waals surface area contributed by atoms with Crippen LogP contribution in [0.15, 0.2) is 18.5 Å². The van der Waals surface area contributed by atoms with E-state index < -0.39 is 5.97 Å². The van der Waals surface area contributed by atoms with Crippen molar-refractivity contribution in [2.45, 2.75) is 13.5 Å². The Morgan fingerprint density at radius 3 is 2.94 bits per heavy atom. The normalized spacial score (nSPS) is 10.3. The van der Waals surface area contributed by atoms with Crippen LogP contribution in [0.4, 0.5) is 5.82 Å². The summed E-state index contributed by atoms with van der Waals surface area (Å²) in [6.45, 7) is 2.44. The summed E-state index contributed by atoms with van der Waals surface area (Å²) in [6.07, 6.45) is 3.19. The quantitative estimate of drug-likeness (QED) is 0.902. The van der Waals surface area contributed by atoms with Crippen LogP contribution in [0, 0.1) is 6.92 Å². The van der Waals surface area contributed by atoms with Gasteiger partial charge in [-0.15, -0.1) is 11.3 Å². The second-order valence-electron chi connectivity index (χ2n) is 3.54. The van der Waals surface area contributed by atoms with Gasteiger partial charge in [0.05, 0.1) is 17.1 Å². The van der Waals surface area contributed by atoms with Crippen molar-refractivity contribution >= 4 is 34.7 Å². The lowest BCUT2D eigenvalue weighted by atomic mass is 10.2. The van der Waals surface area contributed by atoms with E-state index in [1.54, 1.807) is 17.5 Å². The Labute approximate surface area is 112 Å². The van der Waals surface area contributed by atoms with Crippen LogP contribution in [0.2, 0.25) is 5.02 Å². The van der Waals surface area contributed by atoms with Gasteiger partial charge in [0, 0.05) is 17.3 Å². The molecule has 0 unspecified atom stereocenters. The number of carboxylic acids is 1. The fraction of sp³-hybridized carbons (Fsp3) is 0.182. The highest BCUT2D eigenvalue weighted by atomic mass is 35.5. The van der Waals surface area contributed by atoms with Crippen molar-refractivity contribution < 1.29 is 9.90 Å². The fourth-order valence-corrected chi connectivity index (χ4v) is 2.36. The highest BCUT2D eigenvalue weighted by molar-refractivity contribution is 7.11. The predicted molar refractivity (Wildman–Crippen MR) is 70.4 cm³/mol. The van der Waals surface area contributed by atoms with E-state index in [0.29, 0.717) is 12.4 Å². The van der Waals surface area contributed by atoms with Crippen molar-refractivity contribution in [2.75, 3.05) is 5.32 Å². The van der Waals surface area contributed by atoms with Crippen LogP contribution in [-0.4, -0.2) is 21.0 Å². The van der Waals surface area contributed by atoms with Gasteiger partial charge in [-0.25, -0.2) is 14.8 Å². The van der Waals surface area contributed by atoms with Gasteiger partial charge < -0.3 is 10.4 Å². The summed E-state index contributed by atoms with van der Waals surface area (Å²) in [5.41, 5.74) is 0.0319. The summed E-state index contributed by atoms with van der Waals surface area (Å²) in [6, 6.07) is 1.36. The lowest BCUT2D eigenvalue weighted by molar-refractivity contribution is 0.0697. The molecule has 18 heavy (non-hydrogen) atoms. The molecule has 0 aromatic carbocycles. The average Bonchev–Trinajstić information content (AvgIpc) is 2.73. The summed E-state index contributed by atoms with van der Waals surface area (Å²) in [5, 5.41) is 12.9. The summed E-state index contributed by atoms with van der Waals surface area (Å²) < 4.78 is 0. The first-order valence-corrected chi connectivity index (χ1v) is 6.30. The Morgan fingerprint density at radius 2 is 2.33 bits per heavy atom. The second kappa shape index (κ2) is 5.32. The van der Waals surface area contributed by atoms with Gasteiger partial charge in [0.1, 0.15) is 10.8 Å². The van der Waals surface area contributed by atoms with E-state index in [0.717, 1.165) is 9.88 Å². The van der Waals surface area contributed by atoms with Gasteiger partial charge in [-0.2, -0.15) is 0 Å². The third-order valence-electron chi connectivity index (χ3n) is 2.20. The van der Waals surface area contributed by atoms with E-state index in [1.807, 2.05) is 6.92 Å². The molecule has 2 aromatic rings. The number of aromatic carboxylic acids is 1. The number of aromatic nitrogens is 2. The molecule has 2 N–H and O–H groups in total. The van der Waals surface area contributed by atoms with Crippen LogP contribution in [0.5, 0.6) is 0 Å². The first-order valence-electron chi connectivity index (χ1n) is 5.11. The first kappa shape index (κ1) is 12.8. The molecule has 0 aliphatic rings. The zero-order valence-electron chi connectivity index (χ0n) is 9.48. The third kappa shape index (κ3) is 2.77. The number of rotatable bonds is 4. The summed E-state index contributed by atoms with van der Waals surface area (Å²) in [5.74, 6) is -0.722. The van der Waals surface area contributed by atoms with Crippen LogP contribution in [0.3, 0.4) is 0 Å². The molecule has 7 heteroatoms. The minimum Gasteiger partial charge on any atom is -0.478 e. The van der Waals surface area contributed by atoms with Gasteiger partial charge in [-0.1, -0.05) is 11.6 Å². The molecule has 0 saturated carbocycles. The van der Waals surface area contributed by atoms with E-state index >= 15 is 0 Å². The molecule has 0 amide bonds. The first-order chi connectivity index (χ1) is 8.58. The Hall–Kier alpha value is -1.66. The molecule has 2 aromatic heterocycles. The van der Waals surface area contributed by atoms with Crippen molar-refractivity contribution in [3.63, 3.8) is 0 Å². The van der Waals surface area contributed by atoms with Crippen molar-refractivity contribution in [3.8, 4) is 0 Å². The molecule has 0 fully saturated rings. The Bertz CT molecular complexity index is 585. The number of halogens is 1. The standard InChI is InChI=1S/C11H10ClN3O2S/c1-6-4-14-8(18-6)5-15-10-9(12)7(11(16)17)2-3-13-10/h2-4H,5H2,1H3,(H,13,15)(H,16,17). The minimum absolute atomic E-state index is 0.0319. The van der Waals surface area contributed by atoms with Crippen molar-refractivity contribution in [3.05, 3.63) is 38.9 Å². The number of pyridine rings is 1. The molecule has 0 spiro atoms. The Kier molecular flexibility index (Phi) is 3.78. The number of carboxylic acid groups (broad SMARTS) is 1. The molecule has 0 bridgehead atoms. The SMILES string of the molecule is Cc1cnc(CNc2nccc(C(=O)O)c2Cl)s1. The molecule has 2 heterocycles. The van der Waals surface area contributed by atoms with Gasteiger partial charge in [-0.3, -0.25) is 0 Å². The molecule has 0 radical (unpaired) electrons. The summed E-state index contributed by atoms with van der Waals surface area (Å²) >= 11 is 7.51. The number of hydrogen-bond acceptors (Lipinski definition) is 5. The van der Waals surface area contributed by atoms with Crippen LogP contribution in [0.1, 0.15) is 20.2 Å². The number of nitrogens with one attached hydrogen (secondary N) is 1. The third-order valence-corrected chi connectivity index (χ3v) is 3.49. The molecule has 0 aliphatic heterocycles. The maximum Gasteiger partial charge on any atom is 0.337 e. The van der Waals surface area contributed by atoms with E-state index in [4.69, 9.17) is 16.7 Å². The molecule has 0 atom stereocenters. The molecular weight excluding hydrogens is 274 g/mol. The number of nitrogens with zero attached hydrogens (tertiary/aromatic N) is 2. The Morgan fingerprint density at radius 1 is 1.56 bits per heavy atom. The molecule has 5 nitrogen and oxygen atoms in total. The van der Waals surface area contributed by atoms with Crippen molar-refractivity contribution in [2.24, 2.45) is 0 Å². The Balaban J connectivity index is 2.14. The van der Waals surface area contributed by atoms with Gasteiger partial charge in [0.2, 0.25) is 0 Å². The monoisotopic (exact) mass is 283 g/mol. The summed E-state index contributed by atoms with van der Waals surface area (Å²) in [4.78, 5) is 20.2. The molecule has 94 valence electrons. The van der Waals surface area contributed by atoms with Gasteiger partial charge >= 0.3 is 5.97 Å². The lowest BCUT2D eigenvalue weighted by Crippen LogP contribution is -2.05. The largest absolute Gasteiger partial charge is 0.478 e. The molecule has 0 aliphatic carbocycles. The maximum atomic E-state index is 10.9. The number of hydrogen-bond donors (Lipinski definition) is 2. The van der Waals surface area contributed by atoms with Crippen LogP contribution < -0.4 is 5.32 Å². The van der Waals surface area contributed by atoms with Gasteiger partial charge in [0.25, 0.3) is 0 Å². The highest BCUT2D eigenvalue weighted by Gasteiger charge is 2.13. The zero-order valence-corrected chi connectivity index (χ0v) is 11.0. The fourth-order valence-electron chi connectivity index (χ4n) is 1.37. The molecule has 0 saturated heterocycles. The van der Waals surface area contributed by atoms with E-state index in [1.165, 1.54) is 12.3 Å². The average molecular weight is 284 g/mol. The predicted octanol–water partition coefficient (Wildman–Crippen LogP) is 2.81. The topological polar surface area (TPSA) is 75.1 Å². The van der Waals surface area contributed by atoms with Crippen LogP contribution in [-0.2, 0) is 6.54 Å². The van der Waals surface area contributed by atoms with Crippen molar-refractivity contribution in [1.82, 2.24) is 9.97 Å². The van der Waals surface area contributed by atoms with Crippen molar-refractivity contribution in [1.29, 1.82) is 0 Å². The zero-order chi connectivity index (χ0) is 13.1. The van der Waals surface area contributed by atoms with Gasteiger partial charge in [-0.05, 0) is 13.0 Å². The molecular formula is C11H10ClN3O2S. The smallest absolute Gasteiger partial charge is 0.337 e. The number of anilines is 1. The molecule has 2 rings (SSSR count). The summed E-state index contributed by atoms with van der Waals surface area (Å²) in [7, 11) is 0. The van der Waals surface area contributed by atoms with E-state index in [-0.39, 0.29) is 10.6 Å². The van der Waals surface area contributed by atoms with Crippen LogP contribution >= 0.6 is 22.9 Å². The maximum absolute atomic E-state index is 10.9.